The minimum Gasteiger partial charge on any atom is -0.444 e. The van der Waals surface area contributed by atoms with Gasteiger partial charge in [0, 0.05) is 19.6 Å². The van der Waals surface area contributed by atoms with Crippen molar-refractivity contribution in [2.45, 2.75) is 44.8 Å². The molecule has 0 aromatic rings. The van der Waals surface area contributed by atoms with Gasteiger partial charge >= 0.3 is 6.09 Å². The first kappa shape index (κ1) is 16.2. The first-order valence-corrected chi connectivity index (χ1v) is 6.75. The van der Waals surface area contributed by atoms with E-state index in [4.69, 9.17) is 20.3 Å². The summed E-state index contributed by atoms with van der Waals surface area (Å²) in [5.41, 5.74) is 4.87. The molecule has 0 bridgehead atoms. The average molecular weight is 274 g/mol. The van der Waals surface area contributed by atoms with Gasteiger partial charge in [0.2, 0.25) is 0 Å². The van der Waals surface area contributed by atoms with Gasteiger partial charge in [0.15, 0.2) is 0 Å². The second-order valence-corrected chi connectivity index (χ2v) is 5.93. The molecule has 0 unspecified atom stereocenters. The number of amides is 1. The third-order valence-corrected chi connectivity index (χ3v) is 3.20. The van der Waals surface area contributed by atoms with Gasteiger partial charge in [0.05, 0.1) is 18.8 Å². The smallest absolute Gasteiger partial charge is 0.410 e. The maximum Gasteiger partial charge on any atom is 0.410 e. The molecule has 0 atom stereocenters. The Labute approximate surface area is 114 Å². The van der Waals surface area contributed by atoms with E-state index in [-0.39, 0.29) is 19.3 Å². The van der Waals surface area contributed by atoms with Gasteiger partial charge in [-0.2, -0.15) is 0 Å². The van der Waals surface area contributed by atoms with Crippen LogP contribution in [0.25, 0.3) is 0 Å². The van der Waals surface area contributed by atoms with Crippen LogP contribution in [-0.4, -0.2) is 60.1 Å². The molecule has 1 aliphatic heterocycles. The molecule has 1 saturated heterocycles. The lowest BCUT2D eigenvalue weighted by Crippen LogP contribution is -2.52. The first-order valence-electron chi connectivity index (χ1n) is 6.75. The quantitative estimate of drug-likeness (QED) is 0.789. The van der Waals surface area contributed by atoms with E-state index in [9.17, 15) is 4.79 Å². The van der Waals surface area contributed by atoms with E-state index in [0.717, 1.165) is 0 Å². The van der Waals surface area contributed by atoms with Crippen molar-refractivity contribution in [1.29, 1.82) is 0 Å². The molecule has 6 heteroatoms. The van der Waals surface area contributed by atoms with E-state index >= 15 is 0 Å². The van der Waals surface area contributed by atoms with E-state index in [1.54, 1.807) is 4.90 Å². The molecule has 1 heterocycles. The molecule has 6 nitrogen and oxygen atoms in total. The zero-order valence-electron chi connectivity index (χ0n) is 12.1. The minimum absolute atomic E-state index is 0.0163. The maximum atomic E-state index is 11.9. The second-order valence-electron chi connectivity index (χ2n) is 5.93. The molecule has 112 valence electrons. The van der Waals surface area contributed by atoms with Crippen LogP contribution in [-0.2, 0) is 9.47 Å². The standard InChI is InChI=1S/C13H26N2O4/c1-12(2,3)19-11(17)15-6-4-13(10-14,5-7-15)18-9-8-16/h16H,4-10,14H2,1-3H3. The summed E-state index contributed by atoms with van der Waals surface area (Å²) in [4.78, 5) is 13.6. The number of nitrogens with zero attached hydrogens (tertiary/aromatic N) is 1. The Kier molecular flexibility index (Phi) is 5.58. The van der Waals surface area contributed by atoms with Gasteiger partial charge in [-0.1, -0.05) is 0 Å². The van der Waals surface area contributed by atoms with Gasteiger partial charge in [-0.25, -0.2) is 4.79 Å². The molecular formula is C13H26N2O4. The fourth-order valence-corrected chi connectivity index (χ4v) is 2.09. The third-order valence-electron chi connectivity index (χ3n) is 3.20. The molecule has 0 aromatic heterocycles. The molecule has 19 heavy (non-hydrogen) atoms. The van der Waals surface area contributed by atoms with Crippen molar-refractivity contribution in [1.82, 2.24) is 4.90 Å². The summed E-state index contributed by atoms with van der Waals surface area (Å²) >= 11 is 0. The Balaban J connectivity index is 2.49. The van der Waals surface area contributed by atoms with Crippen molar-refractivity contribution in [3.05, 3.63) is 0 Å². The Morgan fingerprint density at radius 2 is 1.95 bits per heavy atom. The van der Waals surface area contributed by atoms with Crippen LogP contribution in [0.1, 0.15) is 33.6 Å². The van der Waals surface area contributed by atoms with Crippen molar-refractivity contribution >= 4 is 6.09 Å². The third kappa shape index (κ3) is 4.97. The Hall–Kier alpha value is -0.850. The van der Waals surface area contributed by atoms with Gasteiger partial charge in [-0.05, 0) is 33.6 Å². The fraction of sp³-hybridized carbons (Fsp3) is 0.923. The zero-order chi connectivity index (χ0) is 14.5. The number of carbonyl (C=O) groups is 1. The first-order chi connectivity index (χ1) is 8.82. The molecule has 0 aromatic carbocycles. The summed E-state index contributed by atoms with van der Waals surface area (Å²) in [5, 5.41) is 8.82. The van der Waals surface area contributed by atoms with Crippen molar-refractivity contribution in [2.24, 2.45) is 5.73 Å². The van der Waals surface area contributed by atoms with Crippen LogP contribution in [0.3, 0.4) is 0 Å². The van der Waals surface area contributed by atoms with Crippen LogP contribution in [0.2, 0.25) is 0 Å². The molecule has 1 rings (SSSR count). The molecule has 3 N–H and O–H groups in total. The average Bonchev–Trinajstić information content (AvgIpc) is 2.35. The number of carbonyl (C=O) groups excluding carboxylic acids is 1. The number of ether oxygens (including phenoxy) is 2. The normalized spacial score (nSPS) is 19.3. The number of rotatable bonds is 4. The zero-order valence-corrected chi connectivity index (χ0v) is 12.1. The number of aliphatic hydroxyl groups is 1. The summed E-state index contributed by atoms with van der Waals surface area (Å²) in [6, 6.07) is 0. The predicted octanol–water partition coefficient (Wildman–Crippen LogP) is 0.724. The Bertz CT molecular complexity index is 294. The number of likely N-dealkylation sites (tertiary alicyclic amines) is 1. The Morgan fingerprint density at radius 1 is 1.37 bits per heavy atom. The lowest BCUT2D eigenvalue weighted by Gasteiger charge is -2.41. The molecule has 1 amide bonds. The summed E-state index contributed by atoms with van der Waals surface area (Å²) in [7, 11) is 0. The highest BCUT2D eigenvalue weighted by Crippen LogP contribution is 2.26. The lowest BCUT2D eigenvalue weighted by atomic mass is 9.91. The molecule has 0 radical (unpaired) electrons. The molecule has 1 aliphatic rings. The van der Waals surface area contributed by atoms with E-state index in [1.807, 2.05) is 20.8 Å². The van der Waals surface area contributed by atoms with Crippen LogP contribution in [0.4, 0.5) is 4.79 Å². The van der Waals surface area contributed by atoms with Gasteiger partial charge in [-0.3, -0.25) is 0 Å². The second kappa shape index (κ2) is 6.54. The lowest BCUT2D eigenvalue weighted by molar-refractivity contribution is -0.0867. The van der Waals surface area contributed by atoms with Crippen molar-refractivity contribution in [3.63, 3.8) is 0 Å². The van der Waals surface area contributed by atoms with E-state index in [2.05, 4.69) is 0 Å². The maximum absolute atomic E-state index is 11.9. The van der Waals surface area contributed by atoms with Crippen LogP contribution in [0, 0.1) is 0 Å². The van der Waals surface area contributed by atoms with E-state index in [0.29, 0.717) is 32.5 Å². The SMILES string of the molecule is CC(C)(C)OC(=O)N1CCC(CN)(OCCO)CC1. The van der Waals surface area contributed by atoms with Crippen molar-refractivity contribution in [3.8, 4) is 0 Å². The van der Waals surface area contributed by atoms with Crippen LogP contribution < -0.4 is 5.73 Å². The molecule has 0 spiro atoms. The monoisotopic (exact) mass is 274 g/mol. The minimum atomic E-state index is -0.479. The van der Waals surface area contributed by atoms with Gasteiger partial charge in [0.25, 0.3) is 0 Å². The van der Waals surface area contributed by atoms with Crippen LogP contribution in [0.5, 0.6) is 0 Å². The molecule has 0 saturated carbocycles. The fourth-order valence-electron chi connectivity index (χ4n) is 2.09. The number of piperidine rings is 1. The number of nitrogens with two attached hydrogens (primary N) is 1. The highest BCUT2D eigenvalue weighted by atomic mass is 16.6. The number of aliphatic hydroxyl groups excluding tert-OH is 1. The highest BCUT2D eigenvalue weighted by molar-refractivity contribution is 5.68. The predicted molar refractivity (Wildman–Crippen MR) is 71.9 cm³/mol. The largest absolute Gasteiger partial charge is 0.444 e. The van der Waals surface area contributed by atoms with Crippen LogP contribution in [0.15, 0.2) is 0 Å². The Morgan fingerprint density at radius 3 is 2.37 bits per heavy atom. The topological polar surface area (TPSA) is 85.0 Å². The van der Waals surface area contributed by atoms with Crippen molar-refractivity contribution < 1.29 is 19.4 Å². The highest BCUT2D eigenvalue weighted by Gasteiger charge is 2.36. The van der Waals surface area contributed by atoms with Gasteiger partial charge in [-0.15, -0.1) is 0 Å². The summed E-state index contributed by atoms with van der Waals surface area (Å²) in [5.74, 6) is 0. The summed E-state index contributed by atoms with van der Waals surface area (Å²) < 4.78 is 11.0. The van der Waals surface area contributed by atoms with E-state index < -0.39 is 11.2 Å². The molecular weight excluding hydrogens is 248 g/mol. The van der Waals surface area contributed by atoms with E-state index in [1.165, 1.54) is 0 Å². The van der Waals surface area contributed by atoms with Gasteiger partial charge in [0.1, 0.15) is 5.60 Å². The number of hydrogen-bond donors (Lipinski definition) is 2. The molecule has 1 fully saturated rings. The van der Waals surface area contributed by atoms with Crippen molar-refractivity contribution in [2.75, 3.05) is 32.8 Å². The number of hydrogen-bond acceptors (Lipinski definition) is 5. The van der Waals surface area contributed by atoms with Crippen LogP contribution >= 0.6 is 0 Å². The summed E-state index contributed by atoms with van der Waals surface area (Å²) in [6.07, 6.45) is 1.05. The summed E-state index contributed by atoms with van der Waals surface area (Å²) in [6.45, 7) is 7.35. The molecule has 0 aliphatic carbocycles. The van der Waals surface area contributed by atoms with Gasteiger partial charge < -0.3 is 25.2 Å².